The van der Waals surface area contributed by atoms with E-state index in [0.29, 0.717) is 5.92 Å². The number of hydrogen-bond donors (Lipinski definition) is 1. The van der Waals surface area contributed by atoms with E-state index in [1.807, 2.05) is 0 Å². The first kappa shape index (κ1) is 14.4. The summed E-state index contributed by atoms with van der Waals surface area (Å²) >= 11 is 0. The molecule has 1 aliphatic rings. The predicted molar refractivity (Wildman–Crippen MR) is 83.6 cm³/mol. The lowest BCUT2D eigenvalue weighted by atomic mass is 9.99. The fourth-order valence-corrected chi connectivity index (χ4v) is 2.75. The van der Waals surface area contributed by atoms with Crippen LogP contribution in [-0.4, -0.2) is 19.6 Å². The topological polar surface area (TPSA) is 15.3 Å². The average Bonchev–Trinajstić information content (AvgIpc) is 2.39. The third-order valence-corrected chi connectivity index (χ3v) is 3.84. The van der Waals surface area contributed by atoms with Crippen LogP contribution in [0.3, 0.4) is 0 Å². The molecule has 1 heterocycles. The van der Waals surface area contributed by atoms with Gasteiger partial charge in [0.1, 0.15) is 0 Å². The second-order valence-electron chi connectivity index (χ2n) is 6.38. The molecular weight excluding hydrogens is 232 g/mol. The fraction of sp³-hybridized carbons (Fsp3) is 0.647. The summed E-state index contributed by atoms with van der Waals surface area (Å²) in [5.74, 6) is 1.55. The molecule has 1 aliphatic heterocycles. The highest BCUT2D eigenvalue weighted by Crippen LogP contribution is 2.23. The summed E-state index contributed by atoms with van der Waals surface area (Å²) in [5.41, 5.74) is 2.77. The second-order valence-corrected chi connectivity index (χ2v) is 6.38. The van der Waals surface area contributed by atoms with Crippen molar-refractivity contribution in [2.45, 2.75) is 40.2 Å². The summed E-state index contributed by atoms with van der Waals surface area (Å²) in [7, 11) is 0. The first-order chi connectivity index (χ1) is 9.15. The minimum Gasteiger partial charge on any atom is -0.371 e. The molecule has 0 aromatic heterocycles. The molecule has 19 heavy (non-hydrogen) atoms. The van der Waals surface area contributed by atoms with E-state index in [9.17, 15) is 0 Å². The predicted octanol–water partition coefficient (Wildman–Crippen LogP) is 3.67. The van der Waals surface area contributed by atoms with Crippen molar-refractivity contribution in [3.8, 4) is 0 Å². The molecule has 2 heteroatoms. The van der Waals surface area contributed by atoms with Crippen LogP contribution in [0.5, 0.6) is 0 Å². The number of nitrogens with zero attached hydrogens (tertiary/aromatic N) is 1. The van der Waals surface area contributed by atoms with Gasteiger partial charge in [-0.05, 0) is 48.9 Å². The van der Waals surface area contributed by atoms with Crippen LogP contribution in [0.2, 0.25) is 0 Å². The number of piperidine rings is 1. The molecule has 1 N–H and O–H groups in total. The van der Waals surface area contributed by atoms with Crippen molar-refractivity contribution in [1.82, 2.24) is 5.32 Å². The first-order valence-electron chi connectivity index (χ1n) is 7.69. The Morgan fingerprint density at radius 1 is 1.26 bits per heavy atom. The first-order valence-corrected chi connectivity index (χ1v) is 7.69. The number of nitrogens with one attached hydrogen (secondary N) is 1. The van der Waals surface area contributed by atoms with Gasteiger partial charge in [-0.15, -0.1) is 0 Å². The van der Waals surface area contributed by atoms with Crippen LogP contribution >= 0.6 is 0 Å². The van der Waals surface area contributed by atoms with Crippen molar-refractivity contribution in [2.75, 3.05) is 24.5 Å². The van der Waals surface area contributed by atoms with E-state index in [0.717, 1.165) is 19.0 Å². The largest absolute Gasteiger partial charge is 0.371 e. The summed E-state index contributed by atoms with van der Waals surface area (Å²) < 4.78 is 0. The van der Waals surface area contributed by atoms with Gasteiger partial charge in [-0.2, -0.15) is 0 Å². The normalized spacial score (nSPS) is 20.0. The van der Waals surface area contributed by atoms with Gasteiger partial charge in [-0.25, -0.2) is 0 Å². The molecule has 1 fully saturated rings. The maximum absolute atomic E-state index is 3.49. The summed E-state index contributed by atoms with van der Waals surface area (Å²) in [6.07, 6.45) is 2.71. The standard InChI is InChI=1S/C17H28N2/c1-14(2)11-18-12-16-6-8-17(9-7-16)19-10-4-5-15(3)13-19/h6-9,14-15,18H,4-5,10-13H2,1-3H3. The Morgan fingerprint density at radius 3 is 2.63 bits per heavy atom. The van der Waals surface area contributed by atoms with Crippen LogP contribution in [0, 0.1) is 11.8 Å². The fourth-order valence-electron chi connectivity index (χ4n) is 2.75. The molecule has 1 unspecified atom stereocenters. The molecular formula is C17H28N2. The summed E-state index contributed by atoms with van der Waals surface area (Å²) in [4.78, 5) is 2.53. The molecule has 1 aromatic carbocycles. The highest BCUT2D eigenvalue weighted by atomic mass is 15.1. The number of anilines is 1. The van der Waals surface area contributed by atoms with E-state index < -0.39 is 0 Å². The minimum atomic E-state index is 0.717. The Bertz CT molecular complexity index is 369. The second kappa shape index (κ2) is 6.95. The van der Waals surface area contributed by atoms with Crippen LogP contribution in [0.4, 0.5) is 5.69 Å². The van der Waals surface area contributed by atoms with Crippen molar-refractivity contribution >= 4 is 5.69 Å². The molecule has 0 aliphatic carbocycles. The van der Waals surface area contributed by atoms with E-state index in [1.165, 1.54) is 37.2 Å². The Labute approximate surface area is 118 Å². The smallest absolute Gasteiger partial charge is 0.0366 e. The highest BCUT2D eigenvalue weighted by molar-refractivity contribution is 5.48. The summed E-state index contributed by atoms with van der Waals surface area (Å²) in [5, 5.41) is 3.49. The van der Waals surface area contributed by atoms with Crippen molar-refractivity contribution in [1.29, 1.82) is 0 Å². The van der Waals surface area contributed by atoms with Crippen LogP contribution in [0.1, 0.15) is 39.2 Å². The molecule has 106 valence electrons. The van der Waals surface area contributed by atoms with Gasteiger partial charge in [0.15, 0.2) is 0 Å². The number of hydrogen-bond acceptors (Lipinski definition) is 2. The Kier molecular flexibility index (Phi) is 5.26. The van der Waals surface area contributed by atoms with E-state index >= 15 is 0 Å². The van der Waals surface area contributed by atoms with E-state index in [-0.39, 0.29) is 0 Å². The van der Waals surface area contributed by atoms with Gasteiger partial charge < -0.3 is 10.2 Å². The van der Waals surface area contributed by atoms with Gasteiger partial charge in [0.25, 0.3) is 0 Å². The molecule has 1 saturated heterocycles. The van der Waals surface area contributed by atoms with Gasteiger partial charge >= 0.3 is 0 Å². The maximum Gasteiger partial charge on any atom is 0.0366 e. The van der Waals surface area contributed by atoms with Crippen LogP contribution in [0.25, 0.3) is 0 Å². The Hall–Kier alpha value is -1.02. The molecule has 1 aromatic rings. The Balaban J connectivity index is 1.87. The lowest BCUT2D eigenvalue weighted by Gasteiger charge is -2.32. The van der Waals surface area contributed by atoms with Crippen molar-refractivity contribution in [3.05, 3.63) is 29.8 Å². The van der Waals surface area contributed by atoms with Gasteiger partial charge in [0, 0.05) is 25.3 Å². The minimum absolute atomic E-state index is 0.717. The number of rotatable bonds is 5. The SMILES string of the molecule is CC(C)CNCc1ccc(N2CCCC(C)C2)cc1. The number of benzene rings is 1. The van der Waals surface area contributed by atoms with Crippen molar-refractivity contribution in [3.63, 3.8) is 0 Å². The molecule has 0 amide bonds. The van der Waals surface area contributed by atoms with Crippen LogP contribution in [0.15, 0.2) is 24.3 Å². The lowest BCUT2D eigenvalue weighted by Crippen LogP contribution is -2.34. The monoisotopic (exact) mass is 260 g/mol. The zero-order valence-corrected chi connectivity index (χ0v) is 12.7. The molecule has 0 saturated carbocycles. The Morgan fingerprint density at radius 2 is 2.00 bits per heavy atom. The molecule has 0 spiro atoms. The molecule has 2 rings (SSSR count). The van der Waals surface area contributed by atoms with Gasteiger partial charge in [-0.3, -0.25) is 0 Å². The van der Waals surface area contributed by atoms with Gasteiger partial charge in [-0.1, -0.05) is 32.9 Å². The molecule has 0 radical (unpaired) electrons. The van der Waals surface area contributed by atoms with Crippen molar-refractivity contribution in [2.24, 2.45) is 11.8 Å². The molecule has 2 nitrogen and oxygen atoms in total. The third-order valence-electron chi connectivity index (χ3n) is 3.84. The quantitative estimate of drug-likeness (QED) is 0.869. The zero-order valence-electron chi connectivity index (χ0n) is 12.7. The van der Waals surface area contributed by atoms with E-state index in [1.54, 1.807) is 0 Å². The molecule has 1 atom stereocenters. The lowest BCUT2D eigenvalue weighted by molar-refractivity contribution is 0.447. The summed E-state index contributed by atoms with van der Waals surface area (Å²) in [6, 6.07) is 9.10. The highest BCUT2D eigenvalue weighted by Gasteiger charge is 2.16. The third kappa shape index (κ3) is 4.54. The summed E-state index contributed by atoms with van der Waals surface area (Å²) in [6.45, 7) is 11.3. The van der Waals surface area contributed by atoms with Crippen LogP contribution < -0.4 is 10.2 Å². The van der Waals surface area contributed by atoms with E-state index in [2.05, 4.69) is 55.3 Å². The van der Waals surface area contributed by atoms with E-state index in [4.69, 9.17) is 0 Å². The van der Waals surface area contributed by atoms with Crippen LogP contribution in [-0.2, 0) is 6.54 Å². The van der Waals surface area contributed by atoms with Crippen molar-refractivity contribution < 1.29 is 0 Å². The van der Waals surface area contributed by atoms with Gasteiger partial charge in [0.2, 0.25) is 0 Å². The zero-order chi connectivity index (χ0) is 13.7. The average molecular weight is 260 g/mol. The van der Waals surface area contributed by atoms with Gasteiger partial charge in [0.05, 0.1) is 0 Å². The molecule has 0 bridgehead atoms. The maximum atomic E-state index is 3.49.